The van der Waals surface area contributed by atoms with Gasteiger partial charge in [-0.05, 0) is 49.4 Å². The van der Waals surface area contributed by atoms with Crippen molar-refractivity contribution in [3.63, 3.8) is 0 Å². The molecule has 1 aromatic carbocycles. The number of hydrogen-bond donors (Lipinski definition) is 1. The van der Waals surface area contributed by atoms with Crippen molar-refractivity contribution in [1.82, 2.24) is 5.32 Å². The quantitative estimate of drug-likeness (QED) is 0.529. The molecule has 2 heterocycles. The maximum Gasteiger partial charge on any atom is 0.336 e. The third-order valence-corrected chi connectivity index (χ3v) is 6.78. The molecule has 0 amide bonds. The zero-order chi connectivity index (χ0) is 22.8. The van der Waals surface area contributed by atoms with Crippen molar-refractivity contribution in [2.45, 2.75) is 45.4 Å². The predicted molar refractivity (Wildman–Crippen MR) is 121 cm³/mol. The first-order chi connectivity index (χ1) is 15.4. The summed E-state index contributed by atoms with van der Waals surface area (Å²) in [5.74, 6) is -0.817. The summed E-state index contributed by atoms with van der Waals surface area (Å²) in [7, 11) is 0. The van der Waals surface area contributed by atoms with Crippen molar-refractivity contribution in [3.05, 3.63) is 74.8 Å². The van der Waals surface area contributed by atoms with Gasteiger partial charge in [-0.3, -0.25) is 9.59 Å². The van der Waals surface area contributed by atoms with Crippen LogP contribution in [0.3, 0.4) is 0 Å². The minimum absolute atomic E-state index is 0.0283. The second-order valence-corrected chi connectivity index (χ2v) is 8.90. The van der Waals surface area contributed by atoms with E-state index in [2.05, 4.69) is 11.4 Å². The Morgan fingerprint density at radius 1 is 1.16 bits per heavy atom. The van der Waals surface area contributed by atoms with E-state index in [1.807, 2.05) is 18.4 Å². The van der Waals surface area contributed by atoms with Crippen LogP contribution in [0.2, 0.25) is 0 Å². The van der Waals surface area contributed by atoms with Crippen molar-refractivity contribution in [1.29, 1.82) is 0 Å². The zero-order valence-corrected chi connectivity index (χ0v) is 19.1. The van der Waals surface area contributed by atoms with Crippen molar-refractivity contribution in [3.8, 4) is 5.75 Å². The number of dihydropyridines is 1. The molecule has 2 aromatic rings. The van der Waals surface area contributed by atoms with Gasteiger partial charge in [-0.15, -0.1) is 11.3 Å². The van der Waals surface area contributed by atoms with Crippen LogP contribution in [-0.2, 0) is 19.1 Å². The van der Waals surface area contributed by atoms with Gasteiger partial charge in [-0.25, -0.2) is 4.79 Å². The molecule has 166 valence electrons. The molecule has 32 heavy (non-hydrogen) atoms. The normalized spacial score (nSPS) is 20.5. The lowest BCUT2D eigenvalue weighted by Crippen LogP contribution is -2.36. The molecule has 0 saturated heterocycles. The van der Waals surface area contributed by atoms with Gasteiger partial charge in [0.25, 0.3) is 0 Å². The summed E-state index contributed by atoms with van der Waals surface area (Å²) in [4.78, 5) is 38.8. The fourth-order valence-electron chi connectivity index (χ4n) is 4.47. The van der Waals surface area contributed by atoms with Crippen molar-refractivity contribution < 1.29 is 23.9 Å². The Hall–Kier alpha value is -3.19. The van der Waals surface area contributed by atoms with Crippen LogP contribution in [0.15, 0.2) is 64.3 Å². The Morgan fingerprint density at radius 2 is 1.91 bits per heavy atom. The van der Waals surface area contributed by atoms with E-state index in [-0.39, 0.29) is 18.3 Å². The lowest BCUT2D eigenvalue weighted by atomic mass is 9.72. The van der Waals surface area contributed by atoms with Gasteiger partial charge in [0.1, 0.15) is 5.75 Å². The Labute approximate surface area is 190 Å². The minimum atomic E-state index is -0.534. The van der Waals surface area contributed by atoms with E-state index in [0.717, 1.165) is 11.3 Å². The topological polar surface area (TPSA) is 81.7 Å². The lowest BCUT2D eigenvalue weighted by molar-refractivity contribution is -0.139. The molecular formula is C25H25NO5S. The molecule has 0 spiro atoms. The van der Waals surface area contributed by atoms with Crippen LogP contribution in [0, 0.1) is 0 Å². The van der Waals surface area contributed by atoms with Gasteiger partial charge >= 0.3 is 11.9 Å². The Morgan fingerprint density at radius 3 is 2.53 bits per heavy atom. The van der Waals surface area contributed by atoms with Crippen LogP contribution < -0.4 is 10.1 Å². The number of hydrogen-bond acceptors (Lipinski definition) is 7. The first-order valence-corrected chi connectivity index (χ1v) is 11.5. The molecule has 7 heteroatoms. The molecule has 4 rings (SSSR count). The fourth-order valence-corrected chi connectivity index (χ4v) is 5.30. The highest BCUT2D eigenvalue weighted by Gasteiger charge is 2.41. The van der Waals surface area contributed by atoms with Crippen molar-refractivity contribution in [2.75, 3.05) is 6.61 Å². The fraction of sp³-hybridized carbons (Fsp3) is 0.320. The van der Waals surface area contributed by atoms with E-state index in [0.29, 0.717) is 35.4 Å². The number of carbonyl (C=O) groups is 3. The molecule has 1 aromatic heterocycles. The maximum absolute atomic E-state index is 13.4. The first-order valence-electron chi connectivity index (χ1n) is 10.6. The average molecular weight is 452 g/mol. The highest BCUT2D eigenvalue weighted by molar-refractivity contribution is 7.10. The zero-order valence-electron chi connectivity index (χ0n) is 18.3. The number of ether oxygens (including phenoxy) is 2. The van der Waals surface area contributed by atoms with E-state index in [9.17, 15) is 14.4 Å². The SMILES string of the molecule is CCOC(=O)C1=C(C)NC2=C(C(=O)CC(c3cccs3)C2)C1c1ccc(OC(C)=O)cc1. The van der Waals surface area contributed by atoms with E-state index >= 15 is 0 Å². The first kappa shape index (κ1) is 22.0. The molecule has 0 fully saturated rings. The highest BCUT2D eigenvalue weighted by Crippen LogP contribution is 2.46. The van der Waals surface area contributed by atoms with Crippen LogP contribution >= 0.6 is 11.3 Å². The number of benzene rings is 1. The Kier molecular flexibility index (Phi) is 6.28. The molecule has 2 unspecified atom stereocenters. The van der Waals surface area contributed by atoms with Crippen LogP contribution in [0.4, 0.5) is 0 Å². The largest absolute Gasteiger partial charge is 0.463 e. The Balaban J connectivity index is 1.77. The molecule has 1 aliphatic heterocycles. The summed E-state index contributed by atoms with van der Waals surface area (Å²) in [6.45, 7) is 5.19. The summed E-state index contributed by atoms with van der Waals surface area (Å²) in [6, 6.07) is 11.0. The summed E-state index contributed by atoms with van der Waals surface area (Å²) in [5, 5.41) is 5.36. The summed E-state index contributed by atoms with van der Waals surface area (Å²) >= 11 is 1.66. The molecule has 2 aliphatic rings. The van der Waals surface area contributed by atoms with Gasteiger partial charge in [-0.1, -0.05) is 18.2 Å². The van der Waals surface area contributed by atoms with Gasteiger partial charge in [-0.2, -0.15) is 0 Å². The van der Waals surface area contributed by atoms with Crippen LogP contribution in [0.5, 0.6) is 5.75 Å². The summed E-state index contributed by atoms with van der Waals surface area (Å²) < 4.78 is 10.5. The third kappa shape index (κ3) is 4.25. The molecule has 1 aliphatic carbocycles. The molecule has 6 nitrogen and oxygen atoms in total. The highest BCUT2D eigenvalue weighted by atomic mass is 32.1. The summed E-state index contributed by atoms with van der Waals surface area (Å²) in [6.07, 6.45) is 1.11. The molecule has 0 radical (unpaired) electrons. The number of nitrogens with one attached hydrogen (secondary N) is 1. The van der Waals surface area contributed by atoms with Crippen molar-refractivity contribution >= 4 is 29.1 Å². The molecule has 0 bridgehead atoms. The van der Waals surface area contributed by atoms with Gasteiger partial charge < -0.3 is 14.8 Å². The van der Waals surface area contributed by atoms with Gasteiger partial charge in [0.2, 0.25) is 0 Å². The van der Waals surface area contributed by atoms with Crippen LogP contribution in [0.25, 0.3) is 0 Å². The van der Waals surface area contributed by atoms with Gasteiger partial charge in [0, 0.05) is 47.0 Å². The Bertz CT molecular complexity index is 1110. The number of ketones is 1. The minimum Gasteiger partial charge on any atom is -0.463 e. The molecule has 0 saturated carbocycles. The van der Waals surface area contributed by atoms with Crippen LogP contribution in [0.1, 0.15) is 55.9 Å². The lowest BCUT2D eigenvalue weighted by Gasteiger charge is -2.36. The number of rotatable bonds is 5. The number of thiophene rings is 1. The van der Waals surface area contributed by atoms with Gasteiger partial charge in [0.15, 0.2) is 5.78 Å². The number of carbonyl (C=O) groups excluding carboxylic acids is 3. The number of Topliss-reactive ketones (excluding diaryl/α,β-unsaturated/α-hetero) is 1. The number of allylic oxidation sites excluding steroid dienone is 3. The molecule has 1 N–H and O–H groups in total. The smallest absolute Gasteiger partial charge is 0.336 e. The second kappa shape index (κ2) is 9.12. The predicted octanol–water partition coefficient (Wildman–Crippen LogP) is 4.60. The second-order valence-electron chi connectivity index (χ2n) is 7.92. The van der Waals surface area contributed by atoms with E-state index in [4.69, 9.17) is 9.47 Å². The van der Waals surface area contributed by atoms with E-state index in [1.54, 1.807) is 42.5 Å². The third-order valence-electron chi connectivity index (χ3n) is 5.74. The molecule has 2 atom stereocenters. The molecular weight excluding hydrogens is 426 g/mol. The van der Waals surface area contributed by atoms with Crippen LogP contribution in [-0.4, -0.2) is 24.3 Å². The maximum atomic E-state index is 13.4. The van der Waals surface area contributed by atoms with E-state index in [1.165, 1.54) is 11.8 Å². The number of esters is 2. The summed E-state index contributed by atoms with van der Waals surface area (Å²) in [5.41, 5.74) is 3.39. The van der Waals surface area contributed by atoms with Gasteiger partial charge in [0.05, 0.1) is 12.2 Å². The van der Waals surface area contributed by atoms with E-state index < -0.39 is 17.9 Å². The monoisotopic (exact) mass is 451 g/mol. The van der Waals surface area contributed by atoms with Crippen molar-refractivity contribution in [2.24, 2.45) is 0 Å². The standard InChI is InChI=1S/C25H25NO5S/c1-4-30-25(29)22-14(2)26-19-12-17(21-6-5-11-32-21)13-20(28)24(19)23(22)16-7-9-18(10-8-16)31-15(3)27/h5-11,17,23,26H,4,12-13H2,1-3H3. The average Bonchev–Trinajstić information content (AvgIpc) is 3.28.